The second-order valence-electron chi connectivity index (χ2n) is 6.56. The molecule has 2 aliphatic rings. The topological polar surface area (TPSA) is 79.5 Å². The molecule has 1 saturated heterocycles. The minimum absolute atomic E-state index is 0.224. The molecule has 2 aromatic rings. The van der Waals surface area contributed by atoms with E-state index in [0.29, 0.717) is 13.0 Å². The smallest absolute Gasteiger partial charge is 0.231 e. The number of aromatic nitrogens is 2. The Hall–Kier alpha value is -2.54. The lowest BCUT2D eigenvalue weighted by molar-refractivity contribution is -0.127. The number of hydrogen-bond donors (Lipinski definition) is 2. The molecule has 2 N–H and O–H groups in total. The lowest BCUT2D eigenvalue weighted by atomic mass is 10.1. The molecule has 132 valence electrons. The maximum absolute atomic E-state index is 11.7. The molecule has 0 aliphatic carbocycles. The molecule has 3 heterocycles. The summed E-state index contributed by atoms with van der Waals surface area (Å²) in [6.45, 7) is 4.67. The van der Waals surface area contributed by atoms with Crippen molar-refractivity contribution < 1.29 is 14.3 Å². The summed E-state index contributed by atoms with van der Waals surface area (Å²) in [6.07, 6.45) is 3.49. The monoisotopic (exact) mass is 342 g/mol. The van der Waals surface area contributed by atoms with Gasteiger partial charge in [0.2, 0.25) is 12.7 Å². The molecule has 0 saturated carbocycles. The summed E-state index contributed by atoms with van der Waals surface area (Å²) < 4.78 is 10.8. The molecule has 0 spiro atoms. The van der Waals surface area contributed by atoms with Gasteiger partial charge >= 0.3 is 0 Å². The van der Waals surface area contributed by atoms with E-state index in [1.165, 1.54) is 0 Å². The molecular formula is C18H22N4O3. The van der Waals surface area contributed by atoms with E-state index in [2.05, 4.69) is 22.4 Å². The number of H-pyrrole nitrogens is 1. The number of likely N-dealkylation sites (tertiary alicyclic amines) is 1. The standard InChI is InChI=1S/C18H22N4O3/c1-12(10-22-6-2-3-17(22)23)19-8-14-9-20-21-18(14)13-4-5-15-16(7-13)25-11-24-15/h4-5,7,9,12,19H,2-3,6,8,10-11H2,1H3,(H,20,21)/t12-/m1/s1. The van der Waals surface area contributed by atoms with Crippen LogP contribution in [0.5, 0.6) is 11.5 Å². The van der Waals surface area contributed by atoms with E-state index in [0.717, 1.165) is 47.8 Å². The maximum atomic E-state index is 11.7. The van der Waals surface area contributed by atoms with Gasteiger partial charge in [-0.05, 0) is 31.5 Å². The number of aromatic amines is 1. The number of benzene rings is 1. The van der Waals surface area contributed by atoms with Crippen molar-refractivity contribution in [3.63, 3.8) is 0 Å². The Morgan fingerprint density at radius 1 is 1.36 bits per heavy atom. The highest BCUT2D eigenvalue weighted by atomic mass is 16.7. The zero-order valence-electron chi connectivity index (χ0n) is 14.2. The van der Waals surface area contributed by atoms with E-state index in [1.54, 1.807) is 0 Å². The first-order valence-electron chi connectivity index (χ1n) is 8.64. The van der Waals surface area contributed by atoms with Crippen molar-refractivity contribution in [1.29, 1.82) is 0 Å². The Balaban J connectivity index is 1.41. The van der Waals surface area contributed by atoms with Gasteiger partial charge in [0.15, 0.2) is 11.5 Å². The summed E-state index contributed by atoms with van der Waals surface area (Å²) >= 11 is 0. The summed E-state index contributed by atoms with van der Waals surface area (Å²) in [5.74, 6) is 1.79. The molecule has 0 bridgehead atoms. The van der Waals surface area contributed by atoms with Crippen LogP contribution in [0.1, 0.15) is 25.3 Å². The van der Waals surface area contributed by atoms with Crippen LogP contribution in [0.4, 0.5) is 0 Å². The number of carbonyl (C=O) groups excluding carboxylic acids is 1. The Kier molecular flexibility index (Phi) is 4.31. The summed E-state index contributed by atoms with van der Waals surface area (Å²) in [4.78, 5) is 13.7. The van der Waals surface area contributed by atoms with Gasteiger partial charge in [0.05, 0.1) is 11.9 Å². The first-order valence-corrected chi connectivity index (χ1v) is 8.64. The van der Waals surface area contributed by atoms with E-state index < -0.39 is 0 Å². The number of hydrogen-bond acceptors (Lipinski definition) is 5. The third-order valence-corrected chi connectivity index (χ3v) is 4.69. The molecule has 7 heteroatoms. The molecular weight excluding hydrogens is 320 g/mol. The van der Waals surface area contributed by atoms with Crippen molar-refractivity contribution >= 4 is 5.91 Å². The van der Waals surface area contributed by atoms with Gasteiger partial charge < -0.3 is 19.7 Å². The summed E-state index contributed by atoms with van der Waals surface area (Å²) in [7, 11) is 0. The molecule has 1 aromatic heterocycles. The second kappa shape index (κ2) is 6.76. The molecule has 1 fully saturated rings. The first kappa shape index (κ1) is 16.0. The Morgan fingerprint density at radius 2 is 2.24 bits per heavy atom. The highest BCUT2D eigenvalue weighted by molar-refractivity contribution is 5.78. The highest BCUT2D eigenvalue weighted by Crippen LogP contribution is 2.36. The fourth-order valence-corrected chi connectivity index (χ4v) is 3.32. The summed E-state index contributed by atoms with van der Waals surface area (Å²) in [5, 5.41) is 10.7. The molecule has 25 heavy (non-hydrogen) atoms. The normalized spacial score (nSPS) is 17.3. The van der Waals surface area contributed by atoms with Crippen molar-refractivity contribution in [2.45, 2.75) is 32.4 Å². The fourth-order valence-electron chi connectivity index (χ4n) is 3.32. The molecule has 1 aromatic carbocycles. The Morgan fingerprint density at radius 3 is 3.08 bits per heavy atom. The number of amides is 1. The van der Waals surface area contributed by atoms with Crippen molar-refractivity contribution in [2.75, 3.05) is 19.9 Å². The lowest BCUT2D eigenvalue weighted by Crippen LogP contribution is -2.39. The molecule has 2 aliphatic heterocycles. The van der Waals surface area contributed by atoms with Crippen LogP contribution >= 0.6 is 0 Å². The number of nitrogens with one attached hydrogen (secondary N) is 2. The van der Waals surface area contributed by atoms with Gasteiger partial charge in [-0.2, -0.15) is 5.10 Å². The van der Waals surface area contributed by atoms with Gasteiger partial charge in [-0.3, -0.25) is 9.89 Å². The molecule has 4 rings (SSSR count). The number of carbonyl (C=O) groups is 1. The zero-order chi connectivity index (χ0) is 17.2. The van der Waals surface area contributed by atoms with Crippen LogP contribution in [0.2, 0.25) is 0 Å². The fraction of sp³-hybridized carbons (Fsp3) is 0.444. The van der Waals surface area contributed by atoms with Gasteiger partial charge in [-0.1, -0.05) is 0 Å². The van der Waals surface area contributed by atoms with E-state index in [9.17, 15) is 4.79 Å². The minimum Gasteiger partial charge on any atom is -0.454 e. The largest absolute Gasteiger partial charge is 0.454 e. The molecule has 7 nitrogen and oxygen atoms in total. The van der Waals surface area contributed by atoms with Gasteiger partial charge in [0, 0.05) is 43.2 Å². The van der Waals surface area contributed by atoms with Crippen molar-refractivity contribution in [2.24, 2.45) is 0 Å². The average Bonchev–Trinajstić information content (AvgIpc) is 3.33. The summed E-state index contributed by atoms with van der Waals surface area (Å²) in [6, 6.07) is 6.10. The second-order valence-corrected chi connectivity index (χ2v) is 6.56. The van der Waals surface area contributed by atoms with Crippen LogP contribution in [0.3, 0.4) is 0 Å². The Bertz CT molecular complexity index is 773. The van der Waals surface area contributed by atoms with Crippen molar-refractivity contribution in [3.05, 3.63) is 30.0 Å². The van der Waals surface area contributed by atoms with Crippen LogP contribution in [0, 0.1) is 0 Å². The molecule has 0 radical (unpaired) electrons. The van der Waals surface area contributed by atoms with Gasteiger partial charge in [0.1, 0.15) is 0 Å². The van der Waals surface area contributed by atoms with E-state index >= 15 is 0 Å². The van der Waals surface area contributed by atoms with Crippen LogP contribution in [0.15, 0.2) is 24.4 Å². The number of rotatable bonds is 6. The van der Waals surface area contributed by atoms with Gasteiger partial charge in [0.25, 0.3) is 0 Å². The molecule has 1 atom stereocenters. The van der Waals surface area contributed by atoms with Gasteiger partial charge in [-0.25, -0.2) is 0 Å². The van der Waals surface area contributed by atoms with E-state index in [4.69, 9.17) is 9.47 Å². The Labute approximate surface area is 146 Å². The molecule has 1 amide bonds. The predicted octanol–water partition coefficient (Wildman–Crippen LogP) is 1.91. The highest BCUT2D eigenvalue weighted by Gasteiger charge is 2.22. The summed E-state index contributed by atoms with van der Waals surface area (Å²) in [5.41, 5.74) is 3.06. The van der Waals surface area contributed by atoms with E-state index in [1.807, 2.05) is 29.3 Å². The number of ether oxygens (including phenoxy) is 2. The maximum Gasteiger partial charge on any atom is 0.231 e. The average molecular weight is 342 g/mol. The predicted molar refractivity (Wildman–Crippen MR) is 92.3 cm³/mol. The third kappa shape index (κ3) is 3.32. The van der Waals surface area contributed by atoms with Crippen LogP contribution in [-0.2, 0) is 11.3 Å². The van der Waals surface area contributed by atoms with Crippen LogP contribution in [-0.4, -0.2) is 46.9 Å². The SMILES string of the molecule is C[C@H](CN1CCCC1=O)NCc1cn[nH]c1-c1ccc2c(c1)OCO2. The minimum atomic E-state index is 0.224. The quantitative estimate of drug-likeness (QED) is 0.838. The van der Waals surface area contributed by atoms with Crippen molar-refractivity contribution in [1.82, 2.24) is 20.4 Å². The zero-order valence-corrected chi connectivity index (χ0v) is 14.2. The number of nitrogens with zero attached hydrogens (tertiary/aromatic N) is 2. The third-order valence-electron chi connectivity index (χ3n) is 4.69. The first-order chi connectivity index (χ1) is 12.2. The van der Waals surface area contributed by atoms with Crippen LogP contribution in [0.25, 0.3) is 11.3 Å². The number of fused-ring (bicyclic) bond motifs is 1. The molecule has 0 unspecified atom stereocenters. The van der Waals surface area contributed by atoms with Crippen LogP contribution < -0.4 is 14.8 Å². The van der Waals surface area contributed by atoms with E-state index in [-0.39, 0.29) is 18.7 Å². The lowest BCUT2D eigenvalue weighted by Gasteiger charge is -2.21. The van der Waals surface area contributed by atoms with Gasteiger partial charge in [-0.15, -0.1) is 0 Å². The van der Waals surface area contributed by atoms with Crippen molar-refractivity contribution in [3.8, 4) is 22.8 Å².